The molecule has 0 fully saturated rings. The molecule has 6 heteroatoms. The third-order valence-corrected chi connectivity index (χ3v) is 4.98. The minimum Gasteiger partial charge on any atom is -0.314 e. The summed E-state index contributed by atoms with van der Waals surface area (Å²) in [5.74, 6) is 0.399. The zero-order valence-electron chi connectivity index (χ0n) is 17.8. The van der Waals surface area contributed by atoms with Crippen LogP contribution in [0.15, 0.2) is 63.0 Å². The maximum absolute atomic E-state index is 4.56. The van der Waals surface area contributed by atoms with E-state index in [-0.39, 0.29) is 0 Å². The van der Waals surface area contributed by atoms with Crippen LogP contribution in [-0.2, 0) is 6.54 Å². The zero-order valence-corrected chi connectivity index (χ0v) is 17.8. The molecule has 4 heterocycles. The Morgan fingerprint density at radius 1 is 0.733 bits per heavy atom. The number of nitrogens with one attached hydrogen (secondary N) is 3. The number of hydrogen-bond acceptors (Lipinski definition) is 6. The van der Waals surface area contributed by atoms with Crippen LogP contribution in [-0.4, -0.2) is 71.0 Å². The molecule has 6 nitrogen and oxygen atoms in total. The highest BCUT2D eigenvalue weighted by atomic mass is 15.0. The first-order valence-electron chi connectivity index (χ1n) is 11.0. The summed E-state index contributed by atoms with van der Waals surface area (Å²) < 4.78 is 0. The number of rotatable bonds is 0. The summed E-state index contributed by atoms with van der Waals surface area (Å²) >= 11 is 0. The van der Waals surface area contributed by atoms with Gasteiger partial charge in [-0.2, -0.15) is 0 Å². The van der Waals surface area contributed by atoms with Crippen LogP contribution >= 0.6 is 0 Å². The second kappa shape index (κ2) is 13.7. The number of benzene rings is 1. The monoisotopic (exact) mass is 406 g/mol. The summed E-state index contributed by atoms with van der Waals surface area (Å²) in [6.45, 7) is 7.79. The molecule has 0 aromatic heterocycles. The molecule has 3 N–H and O–H groups in total. The maximum Gasteiger partial charge on any atom is 0.0514 e. The molecule has 0 radical (unpaired) electrons. The lowest BCUT2D eigenvalue weighted by Gasteiger charge is -2.10. The summed E-state index contributed by atoms with van der Waals surface area (Å²) in [6, 6.07) is 8.57. The molecule has 4 bridgehead atoms. The fourth-order valence-corrected chi connectivity index (χ4v) is 3.22. The Hall–Kier alpha value is -2.41. The van der Waals surface area contributed by atoms with Gasteiger partial charge in [-0.15, -0.1) is 0 Å². The second-order valence-corrected chi connectivity index (χ2v) is 7.51. The van der Waals surface area contributed by atoms with E-state index >= 15 is 0 Å². The molecule has 0 saturated heterocycles. The Morgan fingerprint density at radius 2 is 1.43 bits per heavy atom. The van der Waals surface area contributed by atoms with Gasteiger partial charge in [-0.05, 0) is 23.1 Å². The van der Waals surface area contributed by atoms with Crippen molar-refractivity contribution >= 4 is 18.6 Å². The molecule has 6 rings (SSSR count). The van der Waals surface area contributed by atoms with E-state index in [1.807, 2.05) is 12.4 Å². The Morgan fingerprint density at radius 3 is 2.20 bits per heavy atom. The van der Waals surface area contributed by atoms with Gasteiger partial charge in [0.2, 0.25) is 0 Å². The van der Waals surface area contributed by atoms with Crippen LogP contribution in [0.2, 0.25) is 0 Å². The number of hydrogen-bond donors (Lipinski definition) is 3. The lowest BCUT2D eigenvalue weighted by atomic mass is 9.98. The van der Waals surface area contributed by atoms with Crippen molar-refractivity contribution in [1.29, 1.82) is 0 Å². The second-order valence-electron chi connectivity index (χ2n) is 7.51. The van der Waals surface area contributed by atoms with Gasteiger partial charge in [-0.3, -0.25) is 15.0 Å². The number of allylic oxidation sites excluding steroid dienone is 4. The van der Waals surface area contributed by atoms with Crippen molar-refractivity contribution in [1.82, 2.24) is 16.0 Å². The lowest BCUT2D eigenvalue weighted by Crippen LogP contribution is -2.28. The predicted molar refractivity (Wildman–Crippen MR) is 128 cm³/mol. The lowest BCUT2D eigenvalue weighted by molar-refractivity contribution is 0.615. The highest BCUT2D eigenvalue weighted by molar-refractivity contribution is 5.83. The van der Waals surface area contributed by atoms with Crippen molar-refractivity contribution in [3.05, 3.63) is 59.2 Å². The summed E-state index contributed by atoms with van der Waals surface area (Å²) in [5, 5.41) is 10.3. The van der Waals surface area contributed by atoms with Gasteiger partial charge in [0.05, 0.1) is 19.6 Å². The van der Waals surface area contributed by atoms with Gasteiger partial charge in [0.15, 0.2) is 0 Å². The quantitative estimate of drug-likeness (QED) is 0.617. The number of aliphatic imine (C=N–C) groups is 3. The Labute approximate surface area is 180 Å². The molecule has 1 atom stereocenters. The van der Waals surface area contributed by atoms with Crippen LogP contribution in [0.4, 0.5) is 0 Å². The molecule has 1 aromatic rings. The first-order valence-corrected chi connectivity index (χ1v) is 11.0. The summed E-state index contributed by atoms with van der Waals surface area (Å²) in [7, 11) is 0. The van der Waals surface area contributed by atoms with E-state index in [9.17, 15) is 0 Å². The normalized spacial score (nSPS) is 22.3. The number of nitrogens with zero attached hydrogens (tertiary/aromatic N) is 3. The van der Waals surface area contributed by atoms with Gasteiger partial charge < -0.3 is 16.0 Å². The third-order valence-electron chi connectivity index (χ3n) is 4.98. The molecule has 0 saturated carbocycles. The van der Waals surface area contributed by atoms with Crippen LogP contribution in [0.5, 0.6) is 0 Å². The van der Waals surface area contributed by atoms with Gasteiger partial charge in [-0.25, -0.2) is 0 Å². The van der Waals surface area contributed by atoms with Gasteiger partial charge in [0.1, 0.15) is 0 Å². The van der Waals surface area contributed by atoms with E-state index in [0.717, 1.165) is 70.9 Å². The van der Waals surface area contributed by atoms with E-state index in [1.54, 1.807) is 0 Å². The Balaban J connectivity index is 1.48. The SMILES string of the molecule is C1=CC2C=NCCNCCNCc3ccc(cc3)C=NCCNCCN=CC1=CC2. The van der Waals surface area contributed by atoms with Crippen molar-refractivity contribution < 1.29 is 0 Å². The van der Waals surface area contributed by atoms with Crippen LogP contribution < -0.4 is 16.0 Å². The average molecular weight is 407 g/mol. The smallest absolute Gasteiger partial charge is 0.0514 e. The highest BCUT2D eigenvalue weighted by Gasteiger charge is 2.04. The van der Waals surface area contributed by atoms with Crippen molar-refractivity contribution in [3.63, 3.8) is 0 Å². The Kier molecular flexibility index (Phi) is 10.2. The molecule has 5 aliphatic rings. The van der Waals surface area contributed by atoms with Gasteiger partial charge in [0.25, 0.3) is 0 Å². The molecule has 30 heavy (non-hydrogen) atoms. The van der Waals surface area contributed by atoms with Crippen molar-refractivity contribution in [2.24, 2.45) is 20.9 Å². The first-order chi connectivity index (χ1) is 14.9. The van der Waals surface area contributed by atoms with Crippen LogP contribution in [0.1, 0.15) is 17.5 Å². The van der Waals surface area contributed by atoms with Gasteiger partial charge in [0, 0.05) is 63.8 Å². The van der Waals surface area contributed by atoms with E-state index in [0.29, 0.717) is 5.92 Å². The molecule has 1 aromatic carbocycles. The zero-order chi connectivity index (χ0) is 20.7. The molecule has 1 aliphatic carbocycles. The van der Waals surface area contributed by atoms with Crippen molar-refractivity contribution in [2.45, 2.75) is 13.0 Å². The maximum atomic E-state index is 4.56. The Bertz CT molecular complexity index is 760. The molecular formula is C24H34N6. The van der Waals surface area contributed by atoms with E-state index < -0.39 is 0 Å². The van der Waals surface area contributed by atoms with E-state index in [1.165, 1.54) is 11.1 Å². The fraction of sp³-hybridized carbons (Fsp3) is 0.458. The molecule has 4 aliphatic heterocycles. The molecule has 1 unspecified atom stereocenters. The van der Waals surface area contributed by atoms with Crippen LogP contribution in [0.25, 0.3) is 0 Å². The van der Waals surface area contributed by atoms with Crippen molar-refractivity contribution in [2.75, 3.05) is 52.4 Å². The topological polar surface area (TPSA) is 73.2 Å². The summed E-state index contributed by atoms with van der Waals surface area (Å²) in [4.78, 5) is 13.6. The third kappa shape index (κ3) is 8.95. The van der Waals surface area contributed by atoms with Crippen LogP contribution in [0, 0.1) is 5.92 Å². The molecular weight excluding hydrogens is 372 g/mol. The molecule has 0 spiro atoms. The van der Waals surface area contributed by atoms with E-state index in [4.69, 9.17) is 0 Å². The van der Waals surface area contributed by atoms with Gasteiger partial charge >= 0.3 is 0 Å². The molecule has 160 valence electrons. The van der Waals surface area contributed by atoms with E-state index in [2.05, 4.69) is 79.6 Å². The largest absolute Gasteiger partial charge is 0.314 e. The highest BCUT2D eigenvalue weighted by Crippen LogP contribution is 2.13. The minimum atomic E-state index is 0.399. The summed E-state index contributed by atoms with van der Waals surface area (Å²) in [6.07, 6.45) is 13.6. The predicted octanol–water partition coefficient (Wildman–Crippen LogP) is 2.03. The van der Waals surface area contributed by atoms with Crippen molar-refractivity contribution in [3.8, 4) is 0 Å². The fourth-order valence-electron chi connectivity index (χ4n) is 3.22. The average Bonchev–Trinajstić information content (AvgIpc) is 2.78. The van der Waals surface area contributed by atoms with Crippen LogP contribution in [0.3, 0.4) is 0 Å². The summed E-state index contributed by atoms with van der Waals surface area (Å²) in [5.41, 5.74) is 3.62. The van der Waals surface area contributed by atoms with Gasteiger partial charge in [-0.1, -0.05) is 42.5 Å². The standard InChI is InChI=1S/C24H34N6/c1-2-22-4-3-21(1)17-27-13-9-25-11-15-29-19-23-5-7-24(8-6-23)20-30-16-12-26-10-14-28-18-22/h1-7,17,19-20,24-26,28H,8-16,18H2. The molecule has 0 amide bonds. The first kappa shape index (κ1) is 22.3. The minimum absolute atomic E-state index is 0.399.